The highest BCUT2D eigenvalue weighted by Crippen LogP contribution is 2.22. The van der Waals surface area contributed by atoms with Crippen molar-refractivity contribution in [2.24, 2.45) is 0 Å². The van der Waals surface area contributed by atoms with Gasteiger partial charge in [-0.25, -0.2) is 17.5 Å². The van der Waals surface area contributed by atoms with Crippen LogP contribution in [0.1, 0.15) is 12.8 Å². The Hall–Kier alpha value is -1.18. The number of benzene rings is 1. The van der Waals surface area contributed by atoms with Crippen molar-refractivity contribution in [2.45, 2.75) is 23.8 Å². The van der Waals surface area contributed by atoms with Gasteiger partial charge in [-0.3, -0.25) is 0 Å². The molecule has 1 heterocycles. The fourth-order valence-corrected chi connectivity index (χ4v) is 3.30. The highest BCUT2D eigenvalue weighted by molar-refractivity contribution is 7.89. The first-order valence-electron chi connectivity index (χ1n) is 5.65. The molecule has 0 bridgehead atoms. The molecule has 0 atom stereocenters. The standard InChI is InChI=1S/C11H15FN2O3S/c12-9-2-1-3-10(11(9)13)18(15,16)14-8-4-6-17-7-5-8/h1-3,8,14H,4-7,13H2. The van der Waals surface area contributed by atoms with E-state index < -0.39 is 15.8 Å². The molecule has 100 valence electrons. The quantitative estimate of drug-likeness (QED) is 0.801. The maximum Gasteiger partial charge on any atom is 0.242 e. The molecule has 0 aromatic heterocycles. The molecule has 1 saturated heterocycles. The Morgan fingerprint density at radius 1 is 1.33 bits per heavy atom. The number of rotatable bonds is 3. The molecule has 1 aliphatic heterocycles. The van der Waals surface area contributed by atoms with Crippen LogP contribution in [0.5, 0.6) is 0 Å². The van der Waals surface area contributed by atoms with Crippen molar-refractivity contribution in [3.63, 3.8) is 0 Å². The molecule has 3 N–H and O–H groups in total. The lowest BCUT2D eigenvalue weighted by molar-refractivity contribution is 0.0832. The van der Waals surface area contributed by atoms with Crippen LogP contribution in [0, 0.1) is 5.82 Å². The molecular weight excluding hydrogens is 259 g/mol. The number of nitrogen functional groups attached to an aromatic ring is 1. The van der Waals surface area contributed by atoms with Gasteiger partial charge in [0.25, 0.3) is 0 Å². The smallest absolute Gasteiger partial charge is 0.242 e. The van der Waals surface area contributed by atoms with Gasteiger partial charge >= 0.3 is 0 Å². The molecule has 1 fully saturated rings. The van der Waals surface area contributed by atoms with E-state index >= 15 is 0 Å². The number of hydrogen-bond acceptors (Lipinski definition) is 4. The molecule has 0 radical (unpaired) electrons. The van der Waals surface area contributed by atoms with Crippen LogP contribution in [0.4, 0.5) is 10.1 Å². The summed E-state index contributed by atoms with van der Waals surface area (Å²) in [5, 5.41) is 0. The van der Waals surface area contributed by atoms with Crippen molar-refractivity contribution >= 4 is 15.7 Å². The molecule has 1 aromatic rings. The summed E-state index contributed by atoms with van der Waals surface area (Å²) in [4.78, 5) is -0.214. The molecule has 5 nitrogen and oxygen atoms in total. The number of anilines is 1. The monoisotopic (exact) mass is 274 g/mol. The fourth-order valence-electron chi connectivity index (χ4n) is 1.85. The van der Waals surface area contributed by atoms with Crippen LogP contribution in [-0.2, 0) is 14.8 Å². The maximum atomic E-state index is 13.3. The van der Waals surface area contributed by atoms with Gasteiger partial charge < -0.3 is 10.5 Å². The molecule has 0 spiro atoms. The van der Waals surface area contributed by atoms with E-state index in [9.17, 15) is 12.8 Å². The highest BCUT2D eigenvalue weighted by Gasteiger charge is 2.24. The Bertz CT molecular complexity index is 527. The number of sulfonamides is 1. The van der Waals surface area contributed by atoms with Crippen LogP contribution in [0.3, 0.4) is 0 Å². The number of ether oxygens (including phenoxy) is 1. The van der Waals surface area contributed by atoms with E-state index in [1.807, 2.05) is 0 Å². The summed E-state index contributed by atoms with van der Waals surface area (Å²) in [5.74, 6) is -0.732. The first-order valence-corrected chi connectivity index (χ1v) is 7.13. The second kappa shape index (κ2) is 5.21. The predicted octanol–water partition coefficient (Wildman–Crippen LogP) is 0.865. The normalized spacial score (nSPS) is 17.8. The summed E-state index contributed by atoms with van der Waals surface area (Å²) in [6.07, 6.45) is 1.21. The van der Waals surface area contributed by atoms with Crippen LogP contribution >= 0.6 is 0 Å². The average Bonchev–Trinajstić information content (AvgIpc) is 2.33. The lowest BCUT2D eigenvalue weighted by Gasteiger charge is -2.23. The minimum Gasteiger partial charge on any atom is -0.395 e. The number of hydrogen-bond donors (Lipinski definition) is 2. The molecule has 18 heavy (non-hydrogen) atoms. The van der Waals surface area contributed by atoms with Crippen molar-refractivity contribution in [1.82, 2.24) is 4.72 Å². The zero-order chi connectivity index (χ0) is 13.2. The Kier molecular flexibility index (Phi) is 3.84. The fraction of sp³-hybridized carbons (Fsp3) is 0.455. The van der Waals surface area contributed by atoms with Crippen molar-refractivity contribution < 1.29 is 17.5 Å². The number of nitrogens with two attached hydrogens (primary N) is 1. The van der Waals surface area contributed by atoms with Gasteiger partial charge in [-0.05, 0) is 25.0 Å². The Labute approximate surface area is 105 Å². The van der Waals surface area contributed by atoms with Crippen molar-refractivity contribution in [2.75, 3.05) is 18.9 Å². The molecule has 0 aliphatic carbocycles. The summed E-state index contributed by atoms with van der Waals surface area (Å²) in [6.45, 7) is 1.04. The topological polar surface area (TPSA) is 81.4 Å². The van der Waals surface area contributed by atoms with Crippen molar-refractivity contribution in [3.05, 3.63) is 24.0 Å². The van der Waals surface area contributed by atoms with Gasteiger partial charge in [0, 0.05) is 19.3 Å². The van der Waals surface area contributed by atoms with E-state index in [0.29, 0.717) is 26.1 Å². The van der Waals surface area contributed by atoms with Gasteiger partial charge in [0.1, 0.15) is 10.7 Å². The summed E-state index contributed by atoms with van der Waals surface area (Å²) in [5.41, 5.74) is 5.11. The van der Waals surface area contributed by atoms with E-state index in [2.05, 4.69) is 4.72 Å². The summed E-state index contributed by atoms with van der Waals surface area (Å²) < 4.78 is 45.1. The molecule has 7 heteroatoms. The van der Waals surface area contributed by atoms with Crippen molar-refractivity contribution in [1.29, 1.82) is 0 Å². The van der Waals surface area contributed by atoms with Gasteiger partial charge in [-0.1, -0.05) is 6.07 Å². The minimum atomic E-state index is -3.78. The molecule has 1 aromatic carbocycles. The first kappa shape index (κ1) is 13.3. The third-order valence-corrected chi connectivity index (χ3v) is 4.42. The van der Waals surface area contributed by atoms with Crippen LogP contribution in [0.15, 0.2) is 23.1 Å². The van der Waals surface area contributed by atoms with Gasteiger partial charge in [0.2, 0.25) is 10.0 Å². The maximum absolute atomic E-state index is 13.3. The summed E-state index contributed by atoms with van der Waals surface area (Å²) >= 11 is 0. The molecule has 0 amide bonds. The Morgan fingerprint density at radius 2 is 2.00 bits per heavy atom. The third kappa shape index (κ3) is 2.80. The summed E-state index contributed by atoms with van der Waals surface area (Å²) in [6, 6.07) is 3.55. The molecule has 2 rings (SSSR count). The Morgan fingerprint density at radius 3 is 2.67 bits per heavy atom. The average molecular weight is 274 g/mol. The lowest BCUT2D eigenvalue weighted by atomic mass is 10.1. The van der Waals surface area contributed by atoms with E-state index in [0.717, 1.165) is 6.07 Å². The predicted molar refractivity (Wildman–Crippen MR) is 65.0 cm³/mol. The zero-order valence-corrected chi connectivity index (χ0v) is 10.5. The van der Waals surface area contributed by atoms with E-state index in [-0.39, 0.29) is 16.6 Å². The van der Waals surface area contributed by atoms with E-state index in [4.69, 9.17) is 10.5 Å². The number of halogens is 1. The van der Waals surface area contributed by atoms with E-state index in [1.165, 1.54) is 12.1 Å². The molecule has 0 saturated carbocycles. The third-order valence-electron chi connectivity index (χ3n) is 2.85. The zero-order valence-electron chi connectivity index (χ0n) is 9.73. The second-order valence-electron chi connectivity index (χ2n) is 4.16. The number of para-hydroxylation sites is 1. The minimum absolute atomic E-state index is 0.189. The van der Waals surface area contributed by atoms with Gasteiger partial charge in [0.15, 0.2) is 0 Å². The lowest BCUT2D eigenvalue weighted by Crippen LogP contribution is -2.39. The highest BCUT2D eigenvalue weighted by atomic mass is 32.2. The van der Waals surface area contributed by atoms with Crippen molar-refractivity contribution in [3.8, 4) is 0 Å². The number of nitrogens with one attached hydrogen (secondary N) is 1. The molecule has 0 unspecified atom stereocenters. The van der Waals surface area contributed by atoms with Gasteiger partial charge in [0.05, 0.1) is 5.69 Å². The largest absolute Gasteiger partial charge is 0.395 e. The van der Waals surface area contributed by atoms with Crippen LogP contribution in [0.25, 0.3) is 0 Å². The Balaban J connectivity index is 2.22. The molecule has 1 aliphatic rings. The SMILES string of the molecule is Nc1c(F)cccc1S(=O)(=O)NC1CCOCC1. The summed E-state index contributed by atoms with van der Waals surface area (Å²) in [7, 11) is -3.78. The van der Waals surface area contributed by atoms with Crippen LogP contribution < -0.4 is 10.5 Å². The first-order chi connectivity index (χ1) is 8.50. The molecular formula is C11H15FN2O3S. The van der Waals surface area contributed by atoms with E-state index in [1.54, 1.807) is 0 Å². The second-order valence-corrected chi connectivity index (χ2v) is 5.84. The van der Waals surface area contributed by atoms with Gasteiger partial charge in [-0.2, -0.15) is 0 Å². The van der Waals surface area contributed by atoms with Gasteiger partial charge in [-0.15, -0.1) is 0 Å². The van der Waals surface area contributed by atoms with Crippen LogP contribution in [0.2, 0.25) is 0 Å². The van der Waals surface area contributed by atoms with Crippen LogP contribution in [-0.4, -0.2) is 27.7 Å².